The third-order valence-corrected chi connectivity index (χ3v) is 1.18. The molecule has 0 amide bonds. The summed E-state index contributed by atoms with van der Waals surface area (Å²) in [7, 11) is 0. The third kappa shape index (κ3) is 4.42. The molecule has 0 aromatic heterocycles. The second kappa shape index (κ2) is 4.37. The van der Waals surface area contributed by atoms with Crippen molar-refractivity contribution in [1.82, 2.24) is 0 Å². The lowest BCUT2D eigenvalue weighted by molar-refractivity contribution is 1.71. The van der Waals surface area contributed by atoms with Crippen molar-refractivity contribution >= 4 is 23.2 Å². The number of halogens is 2. The maximum atomic E-state index is 5.49. The van der Waals surface area contributed by atoms with Crippen LogP contribution >= 0.6 is 23.2 Å². The van der Waals surface area contributed by atoms with Crippen molar-refractivity contribution in [2.45, 2.75) is 0 Å². The third-order valence-electron chi connectivity index (χ3n) is 0.814. The van der Waals surface area contributed by atoms with Crippen molar-refractivity contribution in [3.8, 4) is 0 Å². The van der Waals surface area contributed by atoms with Crippen LogP contribution in [-0.2, 0) is 0 Å². The zero-order valence-corrected chi connectivity index (χ0v) is 7.04. The lowest BCUT2D eigenvalue weighted by Crippen LogP contribution is -1.70. The fraction of sp³-hybridized carbons (Fsp3) is 0. The molecule has 0 rings (SSSR count). The van der Waals surface area contributed by atoms with Gasteiger partial charge in [-0.3, -0.25) is 0 Å². The molecule has 0 spiro atoms. The Morgan fingerprint density at radius 3 is 1.80 bits per heavy atom. The summed E-state index contributed by atoms with van der Waals surface area (Å²) < 4.78 is 0. The summed E-state index contributed by atoms with van der Waals surface area (Å²) >= 11 is 10.9. The van der Waals surface area contributed by atoms with Gasteiger partial charge in [-0.05, 0) is 11.6 Å². The van der Waals surface area contributed by atoms with E-state index in [0.29, 0.717) is 15.6 Å². The van der Waals surface area contributed by atoms with Crippen LogP contribution in [0, 0.1) is 0 Å². The normalized spacial score (nSPS) is 9.80. The highest BCUT2D eigenvalue weighted by Gasteiger charge is 1.88. The van der Waals surface area contributed by atoms with Gasteiger partial charge in [0, 0.05) is 10.1 Å². The van der Waals surface area contributed by atoms with Crippen LogP contribution in [0.1, 0.15) is 0 Å². The highest BCUT2D eigenvalue weighted by Crippen LogP contribution is 2.12. The SMILES string of the molecule is C=C(Cl)C=CC(=C)C(=C)Cl. The molecule has 0 saturated heterocycles. The molecule has 0 aliphatic carbocycles. The maximum Gasteiger partial charge on any atom is 0.0400 e. The molecule has 0 nitrogen and oxygen atoms in total. The van der Waals surface area contributed by atoms with Gasteiger partial charge >= 0.3 is 0 Å². The zero-order chi connectivity index (χ0) is 8.15. The lowest BCUT2D eigenvalue weighted by atomic mass is 10.3. The highest BCUT2D eigenvalue weighted by molar-refractivity contribution is 6.32. The topological polar surface area (TPSA) is 0 Å². The molecular weight excluding hydrogens is 167 g/mol. The number of allylic oxidation sites excluding steroid dienone is 5. The van der Waals surface area contributed by atoms with Crippen LogP contribution in [0.3, 0.4) is 0 Å². The van der Waals surface area contributed by atoms with Crippen LogP contribution in [0.5, 0.6) is 0 Å². The van der Waals surface area contributed by atoms with Crippen molar-refractivity contribution in [1.29, 1.82) is 0 Å². The van der Waals surface area contributed by atoms with Crippen molar-refractivity contribution in [2.24, 2.45) is 0 Å². The fourth-order valence-electron chi connectivity index (χ4n) is 0.281. The van der Waals surface area contributed by atoms with E-state index in [0.717, 1.165) is 0 Å². The van der Waals surface area contributed by atoms with E-state index >= 15 is 0 Å². The molecule has 0 aliphatic heterocycles. The van der Waals surface area contributed by atoms with Gasteiger partial charge in [-0.2, -0.15) is 0 Å². The standard InChI is InChI=1S/C8H8Cl2/c1-6(8(3)10)4-5-7(2)9/h4-5H,1-3H2. The molecule has 54 valence electrons. The Morgan fingerprint density at radius 1 is 1.00 bits per heavy atom. The van der Waals surface area contributed by atoms with E-state index in [4.69, 9.17) is 23.2 Å². The predicted octanol–water partition coefficient (Wildman–Crippen LogP) is 3.60. The van der Waals surface area contributed by atoms with Crippen LogP contribution < -0.4 is 0 Å². The Kier molecular flexibility index (Phi) is 4.17. The summed E-state index contributed by atoms with van der Waals surface area (Å²) in [5.41, 5.74) is 0.642. The molecule has 0 saturated carbocycles. The fourth-order valence-corrected chi connectivity index (χ4v) is 0.407. The van der Waals surface area contributed by atoms with Crippen LogP contribution in [-0.4, -0.2) is 0 Å². The van der Waals surface area contributed by atoms with Gasteiger partial charge in [-0.25, -0.2) is 0 Å². The van der Waals surface area contributed by atoms with Gasteiger partial charge in [0.15, 0.2) is 0 Å². The first-order chi connectivity index (χ1) is 4.54. The summed E-state index contributed by atoms with van der Waals surface area (Å²) in [6.45, 7) is 10.5. The number of rotatable bonds is 3. The molecule has 0 aromatic rings. The van der Waals surface area contributed by atoms with Crippen molar-refractivity contribution in [2.75, 3.05) is 0 Å². The van der Waals surface area contributed by atoms with E-state index in [-0.39, 0.29) is 0 Å². The summed E-state index contributed by atoms with van der Waals surface area (Å²) in [4.78, 5) is 0. The average Bonchev–Trinajstić information content (AvgIpc) is 1.82. The molecule has 0 atom stereocenters. The first-order valence-electron chi connectivity index (χ1n) is 2.60. The molecular formula is C8H8Cl2. The van der Waals surface area contributed by atoms with E-state index in [1.807, 2.05) is 0 Å². The minimum Gasteiger partial charge on any atom is -0.0903 e. The van der Waals surface area contributed by atoms with Crippen LogP contribution in [0.4, 0.5) is 0 Å². The first-order valence-corrected chi connectivity index (χ1v) is 3.36. The Bertz CT molecular complexity index is 199. The predicted molar refractivity (Wildman–Crippen MR) is 48.3 cm³/mol. The molecule has 0 bridgehead atoms. The molecule has 0 N–H and O–H groups in total. The average molecular weight is 175 g/mol. The molecule has 0 fully saturated rings. The molecule has 0 aromatic carbocycles. The smallest absolute Gasteiger partial charge is 0.0400 e. The minimum absolute atomic E-state index is 0.411. The molecule has 0 heterocycles. The van der Waals surface area contributed by atoms with Gasteiger partial charge in [0.1, 0.15) is 0 Å². The summed E-state index contributed by atoms with van der Waals surface area (Å²) in [6.07, 6.45) is 3.27. The number of hydrogen-bond donors (Lipinski definition) is 0. The lowest BCUT2D eigenvalue weighted by Gasteiger charge is -1.91. The van der Waals surface area contributed by atoms with E-state index in [2.05, 4.69) is 19.7 Å². The van der Waals surface area contributed by atoms with Gasteiger partial charge in [0.25, 0.3) is 0 Å². The van der Waals surface area contributed by atoms with Gasteiger partial charge in [-0.1, -0.05) is 49.0 Å². The van der Waals surface area contributed by atoms with Gasteiger partial charge in [0.2, 0.25) is 0 Å². The van der Waals surface area contributed by atoms with E-state index in [1.54, 1.807) is 12.2 Å². The van der Waals surface area contributed by atoms with Crippen molar-refractivity contribution in [3.63, 3.8) is 0 Å². The van der Waals surface area contributed by atoms with Crippen molar-refractivity contribution < 1.29 is 0 Å². The number of hydrogen-bond acceptors (Lipinski definition) is 0. The van der Waals surface area contributed by atoms with E-state index in [9.17, 15) is 0 Å². The first kappa shape index (κ1) is 9.54. The molecule has 0 aliphatic rings. The monoisotopic (exact) mass is 174 g/mol. The van der Waals surface area contributed by atoms with E-state index < -0.39 is 0 Å². The Balaban J connectivity index is 4.03. The van der Waals surface area contributed by atoms with Crippen LogP contribution in [0.25, 0.3) is 0 Å². The molecule has 10 heavy (non-hydrogen) atoms. The molecule has 0 radical (unpaired) electrons. The van der Waals surface area contributed by atoms with E-state index in [1.165, 1.54) is 0 Å². The zero-order valence-electron chi connectivity index (χ0n) is 5.53. The second-order valence-corrected chi connectivity index (χ2v) is 2.65. The molecule has 2 heteroatoms. The second-order valence-electron chi connectivity index (χ2n) is 1.71. The van der Waals surface area contributed by atoms with Gasteiger partial charge in [0.05, 0.1) is 0 Å². The molecule has 0 unspecified atom stereocenters. The summed E-state index contributed by atoms with van der Waals surface area (Å²) in [5.74, 6) is 0. The van der Waals surface area contributed by atoms with Crippen molar-refractivity contribution in [3.05, 3.63) is 47.5 Å². The van der Waals surface area contributed by atoms with Crippen LogP contribution in [0.2, 0.25) is 0 Å². The largest absolute Gasteiger partial charge is 0.0903 e. The maximum absolute atomic E-state index is 5.49. The van der Waals surface area contributed by atoms with Gasteiger partial charge < -0.3 is 0 Å². The van der Waals surface area contributed by atoms with Crippen LogP contribution in [0.15, 0.2) is 47.5 Å². The summed E-state index contributed by atoms with van der Waals surface area (Å²) in [5, 5.41) is 0.855. The quantitative estimate of drug-likeness (QED) is 0.574. The highest BCUT2D eigenvalue weighted by atomic mass is 35.5. The Morgan fingerprint density at radius 2 is 1.50 bits per heavy atom. The Labute approximate surface area is 71.1 Å². The van der Waals surface area contributed by atoms with Gasteiger partial charge in [-0.15, -0.1) is 0 Å². The minimum atomic E-state index is 0.411. The Hall–Kier alpha value is -0.460. The summed E-state index contributed by atoms with van der Waals surface area (Å²) in [6, 6.07) is 0.